The van der Waals surface area contributed by atoms with Crippen LogP contribution in [0.5, 0.6) is 0 Å². The van der Waals surface area contributed by atoms with Crippen molar-refractivity contribution in [1.82, 2.24) is 4.90 Å². The summed E-state index contributed by atoms with van der Waals surface area (Å²) in [6.45, 7) is 4.32. The van der Waals surface area contributed by atoms with Crippen LogP contribution in [0.2, 0.25) is 5.02 Å². The summed E-state index contributed by atoms with van der Waals surface area (Å²) >= 11 is 7.35. The fourth-order valence-corrected chi connectivity index (χ4v) is 3.54. The predicted octanol–water partition coefficient (Wildman–Crippen LogP) is 3.00. The maximum atomic E-state index is 11.9. The third-order valence-electron chi connectivity index (χ3n) is 3.49. The van der Waals surface area contributed by atoms with Gasteiger partial charge in [0.25, 0.3) is 11.1 Å². The average molecular weight is 371 g/mol. The molecule has 0 atom stereocenters. The number of benzene rings is 1. The Morgan fingerprint density at radius 3 is 2.75 bits per heavy atom. The number of nitrogens with one attached hydrogen (secondary N) is 1. The van der Waals surface area contributed by atoms with Crippen LogP contribution in [-0.2, 0) is 14.3 Å². The number of hydrogen-bond donors (Lipinski definition) is 1. The van der Waals surface area contributed by atoms with E-state index in [1.807, 2.05) is 19.9 Å². The second-order valence-electron chi connectivity index (χ2n) is 5.50. The van der Waals surface area contributed by atoms with Gasteiger partial charge in [0.15, 0.2) is 6.61 Å². The molecule has 0 aliphatic carbocycles. The Labute approximate surface area is 149 Å². The van der Waals surface area contributed by atoms with E-state index >= 15 is 0 Å². The van der Waals surface area contributed by atoms with Crippen molar-refractivity contribution in [3.8, 4) is 0 Å². The third-order valence-corrected chi connectivity index (χ3v) is 4.68. The Hall–Kier alpha value is -1.73. The second kappa shape index (κ2) is 8.39. The van der Waals surface area contributed by atoms with E-state index in [0.29, 0.717) is 23.8 Å². The van der Waals surface area contributed by atoms with Crippen LogP contribution in [0, 0.1) is 13.8 Å². The molecule has 1 N–H and O–H groups in total. The van der Waals surface area contributed by atoms with Gasteiger partial charge in [-0.05, 0) is 31.0 Å². The van der Waals surface area contributed by atoms with E-state index < -0.39 is 11.9 Å². The van der Waals surface area contributed by atoms with Gasteiger partial charge in [-0.25, -0.2) is 0 Å². The highest BCUT2D eigenvalue weighted by molar-refractivity contribution is 8.13. The molecule has 24 heavy (non-hydrogen) atoms. The van der Waals surface area contributed by atoms with E-state index in [1.165, 1.54) is 11.8 Å². The molecule has 8 heteroatoms. The lowest BCUT2D eigenvalue weighted by atomic mass is 10.1. The van der Waals surface area contributed by atoms with Gasteiger partial charge in [-0.15, -0.1) is 0 Å². The first kappa shape index (κ1) is 18.6. The number of halogens is 1. The van der Waals surface area contributed by atoms with Gasteiger partial charge in [-0.2, -0.15) is 0 Å². The fraction of sp³-hybridized carbons (Fsp3) is 0.438. The topological polar surface area (TPSA) is 75.7 Å². The monoisotopic (exact) mass is 370 g/mol. The van der Waals surface area contributed by atoms with Gasteiger partial charge in [0.2, 0.25) is 0 Å². The van der Waals surface area contributed by atoms with Crippen molar-refractivity contribution in [3.63, 3.8) is 0 Å². The minimum absolute atomic E-state index is 0.0231. The van der Waals surface area contributed by atoms with Crippen LogP contribution in [0.25, 0.3) is 0 Å². The summed E-state index contributed by atoms with van der Waals surface area (Å²) in [5.41, 5.74) is 2.35. The number of amides is 2. The molecule has 130 valence electrons. The van der Waals surface area contributed by atoms with Crippen molar-refractivity contribution < 1.29 is 19.1 Å². The Morgan fingerprint density at radius 2 is 2.12 bits per heavy atom. The van der Waals surface area contributed by atoms with Crippen molar-refractivity contribution >= 4 is 46.2 Å². The smallest absolute Gasteiger partial charge is 0.308 e. The number of ether oxygens (including phenoxy) is 1. The average Bonchev–Trinajstić information content (AvgIpc) is 2.92. The molecule has 1 aliphatic rings. The quantitative estimate of drug-likeness (QED) is 0.779. The van der Waals surface area contributed by atoms with Crippen LogP contribution < -0.4 is 5.32 Å². The highest BCUT2D eigenvalue weighted by Gasteiger charge is 2.21. The summed E-state index contributed by atoms with van der Waals surface area (Å²) in [5, 5.41) is 3.07. The molecular formula is C16H19ClN2O4S. The molecule has 1 aliphatic heterocycles. The summed E-state index contributed by atoms with van der Waals surface area (Å²) in [5.74, 6) is -0.223. The van der Waals surface area contributed by atoms with Crippen molar-refractivity contribution in [2.45, 2.75) is 20.3 Å². The predicted molar refractivity (Wildman–Crippen MR) is 94.6 cm³/mol. The summed E-state index contributed by atoms with van der Waals surface area (Å²) in [4.78, 5) is 36.6. The molecule has 2 rings (SSSR count). The van der Waals surface area contributed by atoms with Crippen LogP contribution in [-0.4, -0.2) is 47.5 Å². The van der Waals surface area contributed by atoms with E-state index in [-0.39, 0.29) is 18.3 Å². The highest BCUT2D eigenvalue weighted by atomic mass is 35.5. The van der Waals surface area contributed by atoms with E-state index in [9.17, 15) is 14.4 Å². The first-order valence-corrected chi connectivity index (χ1v) is 8.87. The lowest BCUT2D eigenvalue weighted by Crippen LogP contribution is -2.28. The number of carbonyl (C=O) groups excluding carboxylic acids is 3. The molecule has 1 saturated heterocycles. The molecule has 0 aromatic heterocycles. The first-order valence-electron chi connectivity index (χ1n) is 7.50. The maximum absolute atomic E-state index is 11.9. The van der Waals surface area contributed by atoms with Gasteiger partial charge < -0.3 is 15.0 Å². The number of carbonyl (C=O) groups is 3. The molecular weight excluding hydrogens is 352 g/mol. The van der Waals surface area contributed by atoms with E-state index in [1.54, 1.807) is 11.0 Å². The molecule has 1 aromatic carbocycles. The Bertz CT molecular complexity index is 642. The molecule has 1 aromatic rings. The summed E-state index contributed by atoms with van der Waals surface area (Å²) in [6, 6.07) is 3.65. The zero-order chi connectivity index (χ0) is 17.7. The molecule has 2 amide bonds. The Kier molecular flexibility index (Phi) is 6.51. The summed E-state index contributed by atoms with van der Waals surface area (Å²) in [7, 11) is 0. The van der Waals surface area contributed by atoms with Gasteiger partial charge in [0.1, 0.15) is 0 Å². The summed E-state index contributed by atoms with van der Waals surface area (Å²) in [6.07, 6.45) is 0.0733. The van der Waals surface area contributed by atoms with E-state index in [4.69, 9.17) is 16.3 Å². The van der Waals surface area contributed by atoms with E-state index in [0.717, 1.165) is 16.9 Å². The number of aryl methyl sites for hydroxylation is 2. The second-order valence-corrected chi connectivity index (χ2v) is 6.95. The number of rotatable bonds is 6. The van der Waals surface area contributed by atoms with E-state index in [2.05, 4.69) is 5.32 Å². The minimum atomic E-state index is -0.512. The molecule has 0 bridgehead atoms. The summed E-state index contributed by atoms with van der Waals surface area (Å²) < 4.78 is 4.94. The molecule has 0 radical (unpaired) electrons. The number of thioether (sulfide) groups is 1. The lowest BCUT2D eigenvalue weighted by Gasteiger charge is -2.14. The van der Waals surface area contributed by atoms with Crippen molar-refractivity contribution in [3.05, 3.63) is 28.3 Å². The molecule has 1 heterocycles. The number of nitrogens with zero attached hydrogens (tertiary/aromatic N) is 1. The van der Waals surface area contributed by atoms with Crippen molar-refractivity contribution in [1.29, 1.82) is 0 Å². The number of hydrogen-bond acceptors (Lipinski definition) is 5. The molecule has 1 fully saturated rings. The Morgan fingerprint density at radius 1 is 1.38 bits per heavy atom. The molecule has 0 saturated carbocycles. The fourth-order valence-electron chi connectivity index (χ4n) is 2.32. The number of anilines is 1. The molecule has 6 nitrogen and oxygen atoms in total. The van der Waals surface area contributed by atoms with Gasteiger partial charge >= 0.3 is 5.97 Å². The maximum Gasteiger partial charge on any atom is 0.308 e. The highest BCUT2D eigenvalue weighted by Crippen LogP contribution is 2.27. The van der Waals surface area contributed by atoms with Crippen LogP contribution in [0.4, 0.5) is 10.5 Å². The van der Waals surface area contributed by atoms with Crippen molar-refractivity contribution in [2.75, 3.05) is 30.8 Å². The van der Waals surface area contributed by atoms with Crippen LogP contribution in [0.15, 0.2) is 12.1 Å². The van der Waals surface area contributed by atoms with Crippen LogP contribution in [0.1, 0.15) is 17.5 Å². The van der Waals surface area contributed by atoms with Crippen molar-refractivity contribution in [2.24, 2.45) is 0 Å². The van der Waals surface area contributed by atoms with Crippen LogP contribution in [0.3, 0.4) is 0 Å². The third kappa shape index (κ3) is 5.14. The number of esters is 1. The minimum Gasteiger partial charge on any atom is -0.456 e. The molecule has 0 unspecified atom stereocenters. The zero-order valence-corrected chi connectivity index (χ0v) is 15.1. The normalized spacial score (nSPS) is 14.0. The van der Waals surface area contributed by atoms with Gasteiger partial charge in [0.05, 0.1) is 17.1 Å². The van der Waals surface area contributed by atoms with Gasteiger partial charge in [-0.3, -0.25) is 14.4 Å². The van der Waals surface area contributed by atoms with Gasteiger partial charge in [-0.1, -0.05) is 29.4 Å². The van der Waals surface area contributed by atoms with Gasteiger partial charge in [0, 0.05) is 18.8 Å². The Balaban J connectivity index is 1.76. The SMILES string of the molecule is Cc1cc(C)c(NC(=O)COC(=O)CCN2CCSC2=O)c(Cl)c1. The zero-order valence-electron chi connectivity index (χ0n) is 13.6. The lowest BCUT2D eigenvalue weighted by molar-refractivity contribution is -0.147. The largest absolute Gasteiger partial charge is 0.456 e. The molecule has 0 spiro atoms. The standard InChI is InChI=1S/C16H19ClN2O4S/c1-10-7-11(2)15(12(17)8-10)18-13(20)9-23-14(21)3-4-19-5-6-24-16(19)22/h7-8H,3-6,9H2,1-2H3,(H,18,20). The first-order chi connectivity index (χ1) is 11.4. The van der Waals surface area contributed by atoms with Crippen LogP contribution >= 0.6 is 23.4 Å².